The number of benzene rings is 1. The lowest BCUT2D eigenvalue weighted by molar-refractivity contribution is 0.603. The van der Waals surface area contributed by atoms with E-state index in [1.165, 1.54) is 6.20 Å². The molecule has 0 saturated heterocycles. The Labute approximate surface area is 130 Å². The third-order valence-corrected chi connectivity index (χ3v) is 5.56. The van der Waals surface area contributed by atoms with Gasteiger partial charge in [0.05, 0.1) is 17.6 Å². The van der Waals surface area contributed by atoms with E-state index in [9.17, 15) is 8.42 Å². The summed E-state index contributed by atoms with van der Waals surface area (Å²) in [6.07, 6.45) is 4.58. The number of anilines is 1. The van der Waals surface area contributed by atoms with Crippen LogP contribution < -0.4 is 4.72 Å². The molecule has 0 bridgehead atoms. The average molecular weight is 341 g/mol. The molecule has 0 aliphatic carbocycles. The van der Waals surface area contributed by atoms with Crippen LogP contribution in [-0.2, 0) is 10.0 Å². The molecule has 0 amide bonds. The highest BCUT2D eigenvalue weighted by atomic mass is 35.5. The van der Waals surface area contributed by atoms with Gasteiger partial charge in [0.15, 0.2) is 8.68 Å². The van der Waals surface area contributed by atoms with Crippen LogP contribution in [0.4, 0.5) is 5.69 Å². The Balaban J connectivity index is 1.99. The van der Waals surface area contributed by atoms with Crippen molar-refractivity contribution in [1.82, 2.24) is 14.8 Å². The topological polar surface area (TPSA) is 76.9 Å². The molecule has 9 heteroatoms. The van der Waals surface area contributed by atoms with Crippen LogP contribution in [0.1, 0.15) is 0 Å². The van der Waals surface area contributed by atoms with Gasteiger partial charge in [0.25, 0.3) is 10.0 Å². The summed E-state index contributed by atoms with van der Waals surface area (Å²) >= 11 is 6.58. The highest BCUT2D eigenvalue weighted by molar-refractivity contribution is 7.94. The van der Waals surface area contributed by atoms with E-state index in [1.54, 1.807) is 47.4 Å². The third-order valence-electron chi connectivity index (χ3n) is 2.62. The van der Waals surface area contributed by atoms with E-state index in [2.05, 4.69) is 14.8 Å². The zero-order valence-corrected chi connectivity index (χ0v) is 12.9. The first-order valence-corrected chi connectivity index (χ1v) is 8.47. The first kappa shape index (κ1) is 14.1. The van der Waals surface area contributed by atoms with Crippen LogP contribution in [0.15, 0.2) is 53.1 Å². The van der Waals surface area contributed by atoms with E-state index in [1.807, 2.05) is 0 Å². The summed E-state index contributed by atoms with van der Waals surface area (Å²) in [4.78, 5) is 3.74. The summed E-state index contributed by atoms with van der Waals surface area (Å²) in [7, 11) is -3.73. The van der Waals surface area contributed by atoms with Crippen LogP contribution in [0.5, 0.6) is 0 Å². The Bertz CT molecular complexity index is 859. The minimum atomic E-state index is -3.73. The lowest BCUT2D eigenvalue weighted by Gasteiger charge is -2.11. The summed E-state index contributed by atoms with van der Waals surface area (Å²) in [6, 6.07) is 8.73. The molecule has 6 nitrogen and oxygen atoms in total. The molecule has 0 fully saturated rings. The summed E-state index contributed by atoms with van der Waals surface area (Å²) in [5, 5.41) is 4.11. The molecule has 0 radical (unpaired) electrons. The van der Waals surface area contributed by atoms with Gasteiger partial charge in [-0.15, -0.1) is 0 Å². The van der Waals surface area contributed by atoms with Gasteiger partial charge in [-0.2, -0.15) is 5.10 Å². The van der Waals surface area contributed by atoms with E-state index >= 15 is 0 Å². The van der Waals surface area contributed by atoms with Gasteiger partial charge in [-0.05, 0) is 18.2 Å². The Morgan fingerprint density at radius 3 is 2.71 bits per heavy atom. The van der Waals surface area contributed by atoms with E-state index in [-0.39, 0.29) is 8.68 Å². The van der Waals surface area contributed by atoms with Gasteiger partial charge in [0, 0.05) is 12.4 Å². The first-order valence-electron chi connectivity index (χ1n) is 5.79. The smallest absolute Gasteiger partial charge is 0.273 e. The number of hydrogen-bond acceptors (Lipinski definition) is 5. The fourth-order valence-electron chi connectivity index (χ4n) is 1.73. The molecule has 0 saturated carbocycles. The molecule has 0 aliphatic rings. The highest BCUT2D eigenvalue weighted by Gasteiger charge is 2.19. The second kappa shape index (κ2) is 5.47. The van der Waals surface area contributed by atoms with Gasteiger partial charge in [-0.25, -0.2) is 18.1 Å². The Kier molecular flexibility index (Phi) is 3.66. The Morgan fingerprint density at radius 2 is 2.05 bits per heavy atom. The van der Waals surface area contributed by atoms with Crippen molar-refractivity contribution < 1.29 is 8.42 Å². The van der Waals surface area contributed by atoms with Gasteiger partial charge >= 0.3 is 0 Å². The van der Waals surface area contributed by atoms with Crippen molar-refractivity contribution in [3.63, 3.8) is 0 Å². The van der Waals surface area contributed by atoms with E-state index in [4.69, 9.17) is 11.6 Å². The van der Waals surface area contributed by atoms with Gasteiger partial charge in [0.2, 0.25) is 0 Å². The van der Waals surface area contributed by atoms with Gasteiger partial charge in [-0.1, -0.05) is 35.1 Å². The molecule has 3 aromatic rings. The number of halogens is 1. The highest BCUT2D eigenvalue weighted by Crippen LogP contribution is 2.27. The molecule has 0 aliphatic heterocycles. The standard InChI is InChI=1S/C12H9ClN4O2S2/c13-12-14-8-11(20-12)21(18,19)16-9-4-1-2-5-10(9)17-7-3-6-15-17/h1-8,16H. The number of thiazole rings is 1. The van der Waals surface area contributed by atoms with E-state index in [0.29, 0.717) is 11.4 Å². The number of hydrogen-bond donors (Lipinski definition) is 1. The third kappa shape index (κ3) is 2.92. The summed E-state index contributed by atoms with van der Waals surface area (Å²) < 4.78 is 29.0. The summed E-state index contributed by atoms with van der Waals surface area (Å²) in [5.74, 6) is 0. The number of rotatable bonds is 4. The molecule has 3 rings (SSSR count). The molecule has 21 heavy (non-hydrogen) atoms. The van der Waals surface area contributed by atoms with Gasteiger partial charge < -0.3 is 0 Å². The fraction of sp³-hybridized carbons (Fsp3) is 0. The maximum absolute atomic E-state index is 12.3. The average Bonchev–Trinajstić information content (AvgIpc) is 3.10. The number of para-hydroxylation sites is 2. The Hall–Kier alpha value is -1.90. The molecule has 2 aromatic heterocycles. The SMILES string of the molecule is O=S(=O)(Nc1ccccc1-n1cccn1)c1cnc(Cl)s1. The molecular weight excluding hydrogens is 332 g/mol. The second-order valence-electron chi connectivity index (χ2n) is 4.01. The van der Waals surface area contributed by atoms with Crippen LogP contribution >= 0.6 is 22.9 Å². The zero-order chi connectivity index (χ0) is 14.9. The van der Waals surface area contributed by atoms with Crippen LogP contribution in [0.3, 0.4) is 0 Å². The predicted octanol–water partition coefficient (Wildman–Crippen LogP) is 2.78. The van der Waals surface area contributed by atoms with Crippen LogP contribution in [0.25, 0.3) is 5.69 Å². The number of sulfonamides is 1. The minimum absolute atomic E-state index is 0.0581. The molecule has 1 aromatic carbocycles. The second-order valence-corrected chi connectivity index (χ2v) is 7.53. The normalized spacial score (nSPS) is 11.5. The lowest BCUT2D eigenvalue weighted by atomic mass is 10.3. The van der Waals surface area contributed by atoms with Crippen LogP contribution in [-0.4, -0.2) is 23.2 Å². The van der Waals surface area contributed by atoms with Crippen molar-refractivity contribution in [1.29, 1.82) is 0 Å². The first-order chi connectivity index (χ1) is 10.1. The van der Waals surface area contributed by atoms with Crippen molar-refractivity contribution in [2.45, 2.75) is 4.21 Å². The lowest BCUT2D eigenvalue weighted by Crippen LogP contribution is -2.13. The fourth-order valence-corrected chi connectivity index (χ4v) is 4.10. The van der Waals surface area contributed by atoms with Crippen molar-refractivity contribution in [2.24, 2.45) is 0 Å². The van der Waals surface area contributed by atoms with Crippen molar-refractivity contribution in [3.05, 3.63) is 53.4 Å². The molecule has 1 N–H and O–H groups in total. The quantitative estimate of drug-likeness (QED) is 0.792. The van der Waals surface area contributed by atoms with Gasteiger partial charge in [0.1, 0.15) is 0 Å². The molecular formula is C12H9ClN4O2S2. The maximum atomic E-state index is 12.3. The number of nitrogens with one attached hydrogen (secondary N) is 1. The predicted molar refractivity (Wildman–Crippen MR) is 81.5 cm³/mol. The van der Waals surface area contributed by atoms with Crippen LogP contribution in [0, 0.1) is 0 Å². The van der Waals surface area contributed by atoms with Gasteiger partial charge in [-0.3, -0.25) is 4.72 Å². The molecule has 0 spiro atoms. The van der Waals surface area contributed by atoms with E-state index in [0.717, 1.165) is 11.3 Å². The molecule has 0 unspecified atom stereocenters. The number of nitrogens with zero attached hydrogens (tertiary/aromatic N) is 3. The molecule has 2 heterocycles. The zero-order valence-electron chi connectivity index (χ0n) is 10.5. The van der Waals surface area contributed by atoms with E-state index < -0.39 is 10.0 Å². The molecule has 108 valence electrons. The Morgan fingerprint density at radius 1 is 1.24 bits per heavy atom. The number of aromatic nitrogens is 3. The van der Waals surface area contributed by atoms with Crippen LogP contribution in [0.2, 0.25) is 4.47 Å². The monoisotopic (exact) mass is 340 g/mol. The summed E-state index contributed by atoms with van der Waals surface area (Å²) in [5.41, 5.74) is 1.05. The molecule has 0 atom stereocenters. The van der Waals surface area contributed by atoms with Crippen molar-refractivity contribution in [2.75, 3.05) is 4.72 Å². The maximum Gasteiger partial charge on any atom is 0.273 e. The minimum Gasteiger partial charge on any atom is -0.277 e. The summed E-state index contributed by atoms with van der Waals surface area (Å²) in [6.45, 7) is 0. The van der Waals surface area contributed by atoms with Crippen molar-refractivity contribution >= 4 is 38.6 Å². The van der Waals surface area contributed by atoms with Crippen molar-refractivity contribution in [3.8, 4) is 5.69 Å². The largest absolute Gasteiger partial charge is 0.277 e.